The van der Waals surface area contributed by atoms with Crippen molar-refractivity contribution in [3.05, 3.63) is 59.7 Å². The summed E-state index contributed by atoms with van der Waals surface area (Å²) in [5, 5.41) is 44.3. The minimum atomic E-state index is -2.33. The Kier molecular flexibility index (Phi) is 7.09. The molecule has 2 aromatic carbocycles. The number of para-hydroxylation sites is 2. The molecule has 8 aliphatic heterocycles. The molecule has 6 fully saturated rings. The van der Waals surface area contributed by atoms with Crippen LogP contribution in [0, 0.1) is 5.92 Å². The van der Waals surface area contributed by atoms with Crippen LogP contribution < -0.4 is 10.6 Å². The number of aliphatic hydroxyl groups excluding tert-OH is 3. The quantitative estimate of drug-likeness (QED) is 0.280. The number of amides is 4. The molecule has 0 radical (unpaired) electrons. The van der Waals surface area contributed by atoms with E-state index >= 15 is 9.59 Å². The lowest BCUT2D eigenvalue weighted by Gasteiger charge is -2.56. The first-order chi connectivity index (χ1) is 24.3. The van der Waals surface area contributed by atoms with Gasteiger partial charge in [-0.15, -0.1) is 0 Å². The van der Waals surface area contributed by atoms with Gasteiger partial charge < -0.3 is 40.5 Å². The summed E-state index contributed by atoms with van der Waals surface area (Å²) >= 11 is 0. The second-order valence-corrected chi connectivity index (χ2v) is 20.5. The Morgan fingerprint density at radius 3 is 1.92 bits per heavy atom. The molecule has 18 heteroatoms. The molecule has 8 heterocycles. The van der Waals surface area contributed by atoms with Gasteiger partial charge in [0.15, 0.2) is 4.87 Å². The van der Waals surface area contributed by atoms with E-state index in [4.69, 9.17) is 4.74 Å². The maximum atomic E-state index is 15.4. The fourth-order valence-electron chi connectivity index (χ4n) is 10.5. The van der Waals surface area contributed by atoms with Crippen LogP contribution in [0.25, 0.3) is 0 Å². The van der Waals surface area contributed by atoms with Crippen LogP contribution in [0.15, 0.2) is 48.5 Å². The van der Waals surface area contributed by atoms with Gasteiger partial charge in [-0.1, -0.05) is 50.2 Å². The number of fused-ring (bicyclic) bond motifs is 13. The van der Waals surface area contributed by atoms with E-state index in [0.29, 0.717) is 22.5 Å². The van der Waals surface area contributed by atoms with Crippen molar-refractivity contribution in [2.75, 3.05) is 38.4 Å². The number of likely N-dealkylation sites (N-methyl/N-ethyl adjacent to an activating group) is 2. The molecular weight excluding hydrogens is 737 g/mol. The number of ether oxygens (including phenoxy) is 1. The van der Waals surface area contributed by atoms with Gasteiger partial charge in [-0.25, -0.2) is 0 Å². The average Bonchev–Trinajstić information content (AvgIpc) is 3.76. The number of anilines is 2. The first-order valence-corrected chi connectivity index (χ1v) is 21.3. The van der Waals surface area contributed by atoms with Gasteiger partial charge in [0, 0.05) is 32.6 Å². The van der Waals surface area contributed by atoms with E-state index in [-0.39, 0.29) is 11.8 Å². The summed E-state index contributed by atoms with van der Waals surface area (Å²) in [5.41, 5.74) is -3.94. The van der Waals surface area contributed by atoms with Gasteiger partial charge in [-0.2, -0.15) is 0 Å². The number of piperazine rings is 2. The van der Waals surface area contributed by atoms with Crippen molar-refractivity contribution in [3.8, 4) is 0 Å². The lowest BCUT2D eigenvalue weighted by atomic mass is 9.51. The van der Waals surface area contributed by atoms with Crippen LogP contribution in [0.1, 0.15) is 25.0 Å². The summed E-state index contributed by atoms with van der Waals surface area (Å²) in [4.78, 5) is 61.8. The number of hydrogen-bond acceptors (Lipinski definition) is 14. The van der Waals surface area contributed by atoms with E-state index in [1.54, 1.807) is 43.4 Å². The number of carbonyl (C=O) groups excluding carboxylic acids is 4. The van der Waals surface area contributed by atoms with Crippen molar-refractivity contribution >= 4 is 76.2 Å². The molecule has 5 N–H and O–H groups in total. The maximum Gasteiger partial charge on any atom is 0.279 e. The number of benzene rings is 2. The second-order valence-electron chi connectivity index (χ2n) is 14.3. The largest absolute Gasteiger partial charge is 0.394 e. The van der Waals surface area contributed by atoms with E-state index in [1.807, 2.05) is 26.0 Å². The normalized spacial score (nSPS) is 41.9. The summed E-state index contributed by atoms with van der Waals surface area (Å²) < 4.78 is 6.06. The van der Waals surface area contributed by atoms with Gasteiger partial charge in [-0.3, -0.25) is 29.0 Å². The number of carbonyl (C=O) groups is 4. The van der Waals surface area contributed by atoms with Gasteiger partial charge in [0.05, 0.1) is 17.4 Å². The third-order valence-corrected chi connectivity index (χ3v) is 20.1. The van der Waals surface area contributed by atoms with Crippen LogP contribution in [0.5, 0.6) is 0 Å². The Bertz CT molecular complexity index is 1940. The van der Waals surface area contributed by atoms with E-state index in [2.05, 4.69) is 10.6 Å². The smallest absolute Gasteiger partial charge is 0.279 e. The van der Waals surface area contributed by atoms with Crippen molar-refractivity contribution in [3.63, 3.8) is 0 Å². The fourth-order valence-corrected chi connectivity index (χ4v) is 18.6. The minimum absolute atomic E-state index is 0.349. The van der Waals surface area contributed by atoms with Crippen LogP contribution in [0.3, 0.4) is 0 Å². The van der Waals surface area contributed by atoms with Gasteiger partial charge in [-0.05, 0) is 70.4 Å². The molecule has 6 saturated heterocycles. The zero-order valence-corrected chi connectivity index (χ0v) is 31.4. The number of nitrogens with one attached hydrogen (secondary N) is 2. The van der Waals surface area contributed by atoms with Crippen molar-refractivity contribution in [1.82, 2.24) is 19.6 Å². The molecule has 4 amide bonds. The molecule has 14 nitrogen and oxygen atoms in total. The van der Waals surface area contributed by atoms with E-state index in [9.17, 15) is 24.9 Å². The molecule has 3 unspecified atom stereocenters. The number of rotatable bonds is 4. The van der Waals surface area contributed by atoms with Crippen molar-refractivity contribution in [2.45, 2.75) is 70.7 Å². The number of aliphatic hydroxyl groups is 3. The molecule has 10 rings (SSSR count). The van der Waals surface area contributed by atoms with Crippen molar-refractivity contribution in [1.29, 1.82) is 0 Å². The average molecular weight is 773 g/mol. The molecule has 0 aliphatic carbocycles. The number of methoxy groups -OCH3 is 1. The zero-order chi connectivity index (χ0) is 36.2. The van der Waals surface area contributed by atoms with Crippen LogP contribution in [0.4, 0.5) is 11.4 Å². The van der Waals surface area contributed by atoms with Crippen molar-refractivity contribution < 1.29 is 39.2 Å². The Balaban J connectivity index is 1.43. The maximum absolute atomic E-state index is 15.4. The third-order valence-electron chi connectivity index (χ3n) is 12.6. The first-order valence-electron chi connectivity index (χ1n) is 16.5. The summed E-state index contributed by atoms with van der Waals surface area (Å²) in [6, 6.07) is 13.0. The van der Waals surface area contributed by atoms with E-state index in [1.165, 1.54) is 59.3 Å². The van der Waals surface area contributed by atoms with Gasteiger partial charge in [0.25, 0.3) is 29.4 Å². The van der Waals surface area contributed by atoms with E-state index < -0.39 is 81.2 Å². The highest BCUT2D eigenvalue weighted by atomic mass is 33.7. The molecule has 270 valence electrons. The lowest BCUT2D eigenvalue weighted by molar-refractivity contribution is -0.218. The molecule has 1 spiro atoms. The van der Waals surface area contributed by atoms with Crippen molar-refractivity contribution in [2.24, 2.45) is 5.92 Å². The van der Waals surface area contributed by atoms with Crippen LogP contribution >= 0.6 is 41.2 Å². The first kappa shape index (κ1) is 34.0. The Hall–Kier alpha value is -2.84. The van der Waals surface area contributed by atoms with Crippen LogP contribution in [-0.4, -0.2) is 132 Å². The molecular formula is C33H36N6O8S4. The molecule has 8 aliphatic rings. The predicted octanol–water partition coefficient (Wildman–Crippen LogP) is 1.16. The molecule has 2 bridgehead atoms. The number of hydrogen-bond donors (Lipinski definition) is 5. The Morgan fingerprint density at radius 2 is 1.35 bits per heavy atom. The Labute approximate surface area is 308 Å². The third kappa shape index (κ3) is 3.25. The topological polar surface area (TPSA) is 175 Å². The highest BCUT2D eigenvalue weighted by Crippen LogP contribution is 2.76. The number of nitrogens with zero attached hydrogens (tertiary/aromatic N) is 4. The molecule has 2 aromatic rings. The Morgan fingerprint density at radius 1 is 0.804 bits per heavy atom. The summed E-state index contributed by atoms with van der Waals surface area (Å²) in [6.07, 6.45) is -6.05. The minimum Gasteiger partial charge on any atom is -0.394 e. The van der Waals surface area contributed by atoms with E-state index in [0.717, 1.165) is 15.7 Å². The standard InChI is InChI=1S/C33H36N6O8S4/c1-15(2)32-28(46)39-25-30(17-11-7-9-13-19(17)35-25,23(43)33(39,27(45)37(32)4)49-51-50-48-32)29-16-10-6-8-12-18(16)34-24(29)38-21(41)20(14-40)36(3)26(44)31(38,47-5)22(29)42/h6-13,15,20,22-25,34-35,40,42-43H,14H2,1-5H3/t20-,22+,23?,24-,25+,29?,30+,31-,32-,33?/m0/s1. The highest BCUT2D eigenvalue weighted by Gasteiger charge is 2.91. The molecule has 0 saturated carbocycles. The van der Waals surface area contributed by atoms with Gasteiger partial charge in [0.1, 0.15) is 30.6 Å². The van der Waals surface area contributed by atoms with Gasteiger partial charge >= 0.3 is 0 Å². The SMILES string of the molecule is CO[C@@]12C(=O)N(C)[C@@H](CO)C(=O)N1[C@@H]1Nc3ccccc3C1([C@@]13c4ccccc4N[C@@H]1N1C(=O)[C@]4(C(C)C)SSSSC1(C(=O)N4C)C3O)[C@H]2O. The fraction of sp³-hybridized carbons (Fsp3) is 0.515. The molecule has 10 atom stereocenters. The van der Waals surface area contributed by atoms with Crippen LogP contribution in [-0.2, 0) is 34.7 Å². The summed E-state index contributed by atoms with van der Waals surface area (Å²) in [6.45, 7) is 3.08. The monoisotopic (exact) mass is 772 g/mol. The summed E-state index contributed by atoms with van der Waals surface area (Å²) in [7, 11) is 9.25. The zero-order valence-electron chi connectivity index (χ0n) is 28.1. The highest BCUT2D eigenvalue weighted by molar-refractivity contribution is 9.26. The second kappa shape index (κ2) is 10.6. The summed E-state index contributed by atoms with van der Waals surface area (Å²) in [5.74, 6) is -2.66. The predicted molar refractivity (Wildman–Crippen MR) is 194 cm³/mol. The molecule has 51 heavy (non-hydrogen) atoms. The van der Waals surface area contributed by atoms with Gasteiger partial charge in [0.2, 0.25) is 4.87 Å². The van der Waals surface area contributed by atoms with Crippen LogP contribution in [0.2, 0.25) is 0 Å². The molecule has 0 aromatic heterocycles. The lowest BCUT2D eigenvalue weighted by Crippen LogP contribution is -2.76.